The Hall–Kier alpha value is -3.10. The molecule has 0 atom stereocenters. The largest absolute Gasteiger partial charge is 0.481 e. The molecule has 1 aromatic rings. The number of benzene rings is 1. The maximum atomic E-state index is 11.7. The van der Waals surface area contributed by atoms with Gasteiger partial charge in [-0.05, 0) is 12.1 Å². The molecule has 0 radical (unpaired) electrons. The zero-order valence-electron chi connectivity index (χ0n) is 11.9. The average molecular weight is 322 g/mol. The van der Waals surface area contributed by atoms with Crippen molar-refractivity contribution in [3.8, 4) is 5.75 Å². The van der Waals surface area contributed by atoms with Crippen LogP contribution in [0.1, 0.15) is 12.8 Å². The minimum atomic E-state index is -1.16. The predicted molar refractivity (Wildman–Crippen MR) is 77.4 cm³/mol. The Morgan fingerprint density at radius 2 is 1.91 bits per heavy atom. The van der Waals surface area contributed by atoms with E-state index in [1.54, 1.807) is 0 Å². The van der Waals surface area contributed by atoms with E-state index in [4.69, 9.17) is 14.9 Å². The number of carbonyl (C=O) groups excluding carboxylic acids is 2. The number of hydrogen-bond donors (Lipinski definition) is 3. The van der Waals surface area contributed by atoms with E-state index in [1.807, 2.05) is 0 Å². The smallest absolute Gasteiger partial charge is 0.323 e. The molecule has 0 unspecified atom stereocenters. The summed E-state index contributed by atoms with van der Waals surface area (Å²) in [5.41, 5.74) is 0.663. The lowest BCUT2D eigenvalue weighted by Gasteiger charge is -2.28. The molecule has 1 aliphatic rings. The molecule has 0 spiro atoms. The number of ether oxygens (including phenoxy) is 1. The van der Waals surface area contributed by atoms with E-state index in [-0.39, 0.29) is 25.2 Å². The van der Waals surface area contributed by atoms with E-state index >= 15 is 0 Å². The molecule has 0 aliphatic carbocycles. The third-order valence-electron chi connectivity index (χ3n) is 3.05. The van der Waals surface area contributed by atoms with Crippen molar-refractivity contribution < 1.29 is 34.1 Å². The highest BCUT2D eigenvalue weighted by Gasteiger charge is 2.27. The van der Waals surface area contributed by atoms with Crippen LogP contribution in [-0.2, 0) is 19.2 Å². The van der Waals surface area contributed by atoms with Gasteiger partial charge < -0.3 is 20.3 Å². The Morgan fingerprint density at radius 3 is 2.57 bits per heavy atom. The van der Waals surface area contributed by atoms with E-state index in [1.165, 1.54) is 18.2 Å². The van der Waals surface area contributed by atoms with Crippen LogP contribution in [0.4, 0.5) is 11.4 Å². The van der Waals surface area contributed by atoms with Crippen molar-refractivity contribution in [3.63, 3.8) is 0 Å². The first-order chi connectivity index (χ1) is 10.9. The molecule has 0 bridgehead atoms. The number of amides is 2. The van der Waals surface area contributed by atoms with Crippen LogP contribution in [0.15, 0.2) is 18.2 Å². The predicted octanol–water partition coefficient (Wildman–Crippen LogP) is 0.300. The van der Waals surface area contributed by atoms with Crippen LogP contribution in [-0.4, -0.2) is 47.1 Å². The van der Waals surface area contributed by atoms with Crippen molar-refractivity contribution in [2.24, 2.45) is 0 Å². The van der Waals surface area contributed by atoms with Gasteiger partial charge in [0.05, 0.1) is 12.1 Å². The molecule has 0 saturated heterocycles. The molecule has 2 amide bonds. The number of rotatable bonds is 6. The van der Waals surface area contributed by atoms with Gasteiger partial charge in [0.2, 0.25) is 5.91 Å². The molecule has 1 aromatic carbocycles. The second kappa shape index (κ2) is 6.77. The SMILES string of the molecule is O=C(O)CCC(=O)Nc1ccc2c(c1)OCC(=O)N2CC(=O)O. The van der Waals surface area contributed by atoms with Crippen LogP contribution in [0.3, 0.4) is 0 Å². The number of carbonyl (C=O) groups is 4. The Kier molecular flexibility index (Phi) is 4.79. The van der Waals surface area contributed by atoms with Crippen molar-refractivity contribution in [2.75, 3.05) is 23.4 Å². The minimum Gasteiger partial charge on any atom is -0.481 e. The van der Waals surface area contributed by atoms with Gasteiger partial charge in [-0.15, -0.1) is 0 Å². The van der Waals surface area contributed by atoms with Gasteiger partial charge in [0.15, 0.2) is 6.61 Å². The standard InChI is InChI=1S/C14H14N2O7/c17-11(3-4-13(19)20)15-8-1-2-9-10(5-8)23-7-12(18)16(9)6-14(21)22/h1-2,5H,3-4,6-7H2,(H,15,17)(H,19,20)(H,21,22). The van der Waals surface area contributed by atoms with Gasteiger partial charge in [-0.2, -0.15) is 0 Å². The molecule has 9 nitrogen and oxygen atoms in total. The van der Waals surface area contributed by atoms with Crippen LogP contribution >= 0.6 is 0 Å². The number of aliphatic carboxylic acids is 2. The Balaban J connectivity index is 2.13. The van der Waals surface area contributed by atoms with Crippen LogP contribution < -0.4 is 15.0 Å². The second-order valence-electron chi connectivity index (χ2n) is 4.79. The van der Waals surface area contributed by atoms with E-state index in [2.05, 4.69) is 5.32 Å². The van der Waals surface area contributed by atoms with Crippen molar-refractivity contribution in [1.82, 2.24) is 0 Å². The van der Waals surface area contributed by atoms with E-state index in [9.17, 15) is 19.2 Å². The maximum Gasteiger partial charge on any atom is 0.323 e. The van der Waals surface area contributed by atoms with E-state index in [0.29, 0.717) is 11.4 Å². The van der Waals surface area contributed by atoms with Crippen molar-refractivity contribution >= 4 is 35.1 Å². The fourth-order valence-electron chi connectivity index (χ4n) is 2.03. The first-order valence-electron chi connectivity index (χ1n) is 6.67. The molecule has 9 heteroatoms. The molecule has 23 heavy (non-hydrogen) atoms. The fraction of sp³-hybridized carbons (Fsp3) is 0.286. The number of carboxylic acids is 2. The van der Waals surface area contributed by atoms with Crippen LogP contribution in [0.5, 0.6) is 5.75 Å². The van der Waals surface area contributed by atoms with Gasteiger partial charge in [-0.3, -0.25) is 24.1 Å². The van der Waals surface area contributed by atoms with E-state index in [0.717, 1.165) is 4.90 Å². The lowest BCUT2D eigenvalue weighted by Crippen LogP contribution is -2.41. The van der Waals surface area contributed by atoms with Gasteiger partial charge in [0.25, 0.3) is 5.91 Å². The highest BCUT2D eigenvalue weighted by Crippen LogP contribution is 2.34. The highest BCUT2D eigenvalue weighted by molar-refractivity contribution is 6.02. The van der Waals surface area contributed by atoms with Gasteiger partial charge >= 0.3 is 11.9 Å². The quantitative estimate of drug-likeness (QED) is 0.686. The zero-order valence-corrected chi connectivity index (χ0v) is 11.9. The van der Waals surface area contributed by atoms with Gasteiger partial charge in [0, 0.05) is 18.2 Å². The number of carboxylic acid groups (broad SMARTS) is 2. The summed E-state index contributed by atoms with van der Waals surface area (Å²) in [6, 6.07) is 4.39. The molecule has 0 aromatic heterocycles. The molecular formula is C14H14N2O7. The number of anilines is 2. The maximum absolute atomic E-state index is 11.7. The Morgan fingerprint density at radius 1 is 1.17 bits per heavy atom. The first-order valence-corrected chi connectivity index (χ1v) is 6.67. The highest BCUT2D eigenvalue weighted by atomic mass is 16.5. The van der Waals surface area contributed by atoms with Crippen molar-refractivity contribution in [1.29, 1.82) is 0 Å². The summed E-state index contributed by atoms with van der Waals surface area (Å²) < 4.78 is 5.24. The number of nitrogens with one attached hydrogen (secondary N) is 1. The summed E-state index contributed by atoms with van der Waals surface area (Å²) in [5.74, 6) is -2.91. The Bertz CT molecular complexity index is 671. The summed E-state index contributed by atoms with van der Waals surface area (Å²) >= 11 is 0. The lowest BCUT2D eigenvalue weighted by molar-refractivity contribution is -0.138. The molecule has 1 heterocycles. The van der Waals surface area contributed by atoms with Gasteiger partial charge in [-0.25, -0.2) is 0 Å². The molecule has 3 N–H and O–H groups in total. The monoisotopic (exact) mass is 322 g/mol. The van der Waals surface area contributed by atoms with Crippen LogP contribution in [0.2, 0.25) is 0 Å². The third kappa shape index (κ3) is 4.19. The van der Waals surface area contributed by atoms with Crippen molar-refractivity contribution in [3.05, 3.63) is 18.2 Å². The number of nitrogens with zero attached hydrogens (tertiary/aromatic N) is 1. The summed E-state index contributed by atoms with van der Waals surface area (Å²) in [7, 11) is 0. The summed E-state index contributed by atoms with van der Waals surface area (Å²) in [4.78, 5) is 45.6. The minimum absolute atomic E-state index is 0.170. The van der Waals surface area contributed by atoms with E-state index < -0.39 is 30.3 Å². The zero-order chi connectivity index (χ0) is 17.0. The van der Waals surface area contributed by atoms with Gasteiger partial charge in [-0.1, -0.05) is 0 Å². The summed E-state index contributed by atoms with van der Waals surface area (Å²) in [6.45, 7) is -0.782. The Labute approximate surface area is 130 Å². The fourth-order valence-corrected chi connectivity index (χ4v) is 2.03. The molecule has 2 rings (SSSR count). The number of fused-ring (bicyclic) bond motifs is 1. The van der Waals surface area contributed by atoms with Crippen LogP contribution in [0.25, 0.3) is 0 Å². The molecule has 0 saturated carbocycles. The molecule has 1 aliphatic heterocycles. The topological polar surface area (TPSA) is 133 Å². The third-order valence-corrected chi connectivity index (χ3v) is 3.05. The first kappa shape index (κ1) is 16.3. The summed E-state index contributed by atoms with van der Waals surface area (Å²) in [5, 5.41) is 19.9. The lowest BCUT2D eigenvalue weighted by atomic mass is 10.2. The second-order valence-corrected chi connectivity index (χ2v) is 4.79. The van der Waals surface area contributed by atoms with Crippen LogP contribution in [0, 0.1) is 0 Å². The molecule has 122 valence electrons. The average Bonchev–Trinajstić information content (AvgIpc) is 2.48. The molecular weight excluding hydrogens is 308 g/mol. The molecule has 0 fully saturated rings. The number of hydrogen-bond acceptors (Lipinski definition) is 5. The van der Waals surface area contributed by atoms with Gasteiger partial charge in [0.1, 0.15) is 12.3 Å². The van der Waals surface area contributed by atoms with Crippen molar-refractivity contribution in [2.45, 2.75) is 12.8 Å². The normalized spacial score (nSPS) is 13.0. The summed E-state index contributed by atoms with van der Waals surface area (Å²) in [6.07, 6.45) is -0.453.